The van der Waals surface area contributed by atoms with Crippen molar-refractivity contribution in [2.45, 2.75) is 0 Å². The Hall–Kier alpha value is -6.23. The highest BCUT2D eigenvalue weighted by Gasteiger charge is 2.55. The minimum atomic E-state index is -3.81. The van der Waals surface area contributed by atoms with Gasteiger partial charge in [0.1, 0.15) is 34.5 Å². The molecule has 0 radical (unpaired) electrons. The summed E-state index contributed by atoms with van der Waals surface area (Å²) in [6.07, 6.45) is 0. The summed E-state index contributed by atoms with van der Waals surface area (Å²) in [6.45, 7) is 0. The van der Waals surface area contributed by atoms with Gasteiger partial charge < -0.3 is 26.6 Å². The second-order valence-corrected chi connectivity index (χ2v) is 15.8. The second-order valence-electron chi connectivity index (χ2n) is 11.2. The molecule has 0 unspecified atom stereocenters. The number of benzene rings is 7. The van der Waals surface area contributed by atoms with Crippen molar-refractivity contribution in [1.82, 2.24) is 0 Å². The molecule has 7 aromatic rings. The predicted octanol–water partition coefficient (Wildman–Crippen LogP) is 8.45. The van der Waals surface area contributed by atoms with Crippen LogP contribution in [-0.4, -0.2) is 17.6 Å². The van der Waals surface area contributed by atoms with Gasteiger partial charge in [-0.25, -0.2) is 0 Å². The SMILES string of the molecule is c1ccc(O[Si](Oc2ccccc2)(Oc2ccccc2)c2ccc([Si](Oc3ccccc3)(Oc3ccccc3)Oc3ccccc3)cc2)cc1. The maximum absolute atomic E-state index is 6.82. The molecule has 0 atom stereocenters. The molecule has 0 aromatic heterocycles. The molecule has 8 heteroatoms. The van der Waals surface area contributed by atoms with Gasteiger partial charge in [0.2, 0.25) is 0 Å². The molecule has 0 aliphatic heterocycles. The molecule has 0 spiro atoms. The maximum atomic E-state index is 6.82. The Morgan fingerprint density at radius 3 is 0.520 bits per heavy atom. The predicted molar refractivity (Wildman–Crippen MR) is 200 cm³/mol. The Morgan fingerprint density at radius 1 is 0.200 bits per heavy atom. The van der Waals surface area contributed by atoms with Gasteiger partial charge in [0, 0.05) is 0 Å². The third-order valence-electron chi connectivity index (χ3n) is 7.56. The summed E-state index contributed by atoms with van der Waals surface area (Å²) in [5.41, 5.74) is 0. The summed E-state index contributed by atoms with van der Waals surface area (Å²) in [5, 5.41) is 1.44. The molecule has 0 heterocycles. The zero-order chi connectivity index (χ0) is 33.9. The Balaban J connectivity index is 1.37. The lowest BCUT2D eigenvalue weighted by atomic mass is 10.3. The Kier molecular flexibility index (Phi) is 9.91. The molecule has 0 fully saturated rings. The third kappa shape index (κ3) is 7.90. The summed E-state index contributed by atoms with van der Waals surface area (Å²) in [4.78, 5) is 0. The summed E-state index contributed by atoms with van der Waals surface area (Å²) < 4.78 is 40.9. The van der Waals surface area contributed by atoms with Gasteiger partial charge in [0.25, 0.3) is 0 Å². The van der Waals surface area contributed by atoms with Crippen LogP contribution in [0.15, 0.2) is 206 Å². The van der Waals surface area contributed by atoms with Gasteiger partial charge in [-0.15, -0.1) is 0 Å². The molecule has 246 valence electrons. The van der Waals surface area contributed by atoms with E-state index in [2.05, 4.69) is 0 Å². The number of hydrogen-bond acceptors (Lipinski definition) is 6. The average Bonchev–Trinajstić information content (AvgIpc) is 3.17. The summed E-state index contributed by atoms with van der Waals surface area (Å²) in [6, 6.07) is 65.3. The number of para-hydroxylation sites is 6. The van der Waals surface area contributed by atoms with E-state index in [4.69, 9.17) is 26.6 Å². The molecule has 50 heavy (non-hydrogen) atoms. The Labute approximate surface area is 294 Å². The van der Waals surface area contributed by atoms with Crippen LogP contribution < -0.4 is 36.9 Å². The van der Waals surface area contributed by atoms with Crippen LogP contribution in [0, 0.1) is 0 Å². The number of rotatable bonds is 14. The van der Waals surface area contributed by atoms with Crippen molar-refractivity contribution in [3.05, 3.63) is 206 Å². The smallest absolute Gasteiger partial charge is 0.480 e. The fourth-order valence-corrected chi connectivity index (χ4v) is 10.0. The standard InChI is InChI=1S/C42H34O6Si2/c1-7-19-35(20-8-1)43-49(44-36-21-9-2-10-22-36,45-37-23-11-3-12-24-37)41-31-33-42(34-32-41)50(46-38-25-13-4-14-26-38,47-39-27-15-5-16-28-39)48-40-29-17-6-18-30-40/h1-34H. The Morgan fingerprint density at radius 2 is 0.360 bits per heavy atom. The molecule has 6 nitrogen and oxygen atoms in total. The van der Waals surface area contributed by atoms with E-state index in [-0.39, 0.29) is 0 Å². The van der Waals surface area contributed by atoms with Crippen molar-refractivity contribution >= 4 is 28.0 Å². The van der Waals surface area contributed by atoms with Crippen LogP contribution in [0.4, 0.5) is 0 Å². The van der Waals surface area contributed by atoms with E-state index in [0.717, 1.165) is 10.4 Å². The van der Waals surface area contributed by atoms with Gasteiger partial charge in [0.05, 0.1) is 10.4 Å². The normalized spacial score (nSPS) is 11.2. The third-order valence-corrected chi connectivity index (χ3v) is 12.7. The molecule has 0 bridgehead atoms. The molecule has 0 aliphatic carbocycles. The highest BCUT2D eigenvalue weighted by molar-refractivity contribution is 6.79. The van der Waals surface area contributed by atoms with Crippen molar-refractivity contribution in [3.63, 3.8) is 0 Å². The van der Waals surface area contributed by atoms with Gasteiger partial charge in [-0.3, -0.25) is 0 Å². The largest absolute Gasteiger partial charge is 0.737 e. The quantitative estimate of drug-likeness (QED) is 0.107. The van der Waals surface area contributed by atoms with E-state index in [1.807, 2.05) is 206 Å². The van der Waals surface area contributed by atoms with E-state index < -0.39 is 17.6 Å². The van der Waals surface area contributed by atoms with E-state index in [1.54, 1.807) is 0 Å². The molecular weight excluding hydrogens is 657 g/mol. The molecular formula is C42H34O6Si2. The van der Waals surface area contributed by atoms with Gasteiger partial charge in [-0.2, -0.15) is 0 Å². The van der Waals surface area contributed by atoms with E-state index in [0.29, 0.717) is 34.5 Å². The first-order valence-electron chi connectivity index (χ1n) is 16.2. The minimum absolute atomic E-state index is 0.617. The van der Waals surface area contributed by atoms with E-state index >= 15 is 0 Å². The fraction of sp³-hybridized carbons (Fsp3) is 0. The van der Waals surface area contributed by atoms with Gasteiger partial charge in [-0.05, 0) is 72.8 Å². The van der Waals surface area contributed by atoms with Crippen LogP contribution in [0.2, 0.25) is 0 Å². The van der Waals surface area contributed by atoms with E-state index in [1.165, 1.54) is 0 Å². The zero-order valence-corrected chi connectivity index (χ0v) is 29.1. The first-order chi connectivity index (χ1) is 24.7. The van der Waals surface area contributed by atoms with Crippen LogP contribution in [0.3, 0.4) is 0 Å². The lowest BCUT2D eigenvalue weighted by Crippen LogP contribution is -2.67. The first-order valence-corrected chi connectivity index (χ1v) is 19.7. The van der Waals surface area contributed by atoms with Crippen LogP contribution in [0.1, 0.15) is 0 Å². The lowest BCUT2D eigenvalue weighted by molar-refractivity contribution is 0.279. The molecule has 0 amide bonds. The fourth-order valence-electron chi connectivity index (χ4n) is 5.22. The molecule has 0 aliphatic rings. The topological polar surface area (TPSA) is 55.4 Å². The van der Waals surface area contributed by atoms with Crippen molar-refractivity contribution < 1.29 is 26.6 Å². The minimum Gasteiger partial charge on any atom is -0.480 e. The molecule has 0 saturated heterocycles. The van der Waals surface area contributed by atoms with Gasteiger partial charge >= 0.3 is 17.6 Å². The molecule has 0 saturated carbocycles. The van der Waals surface area contributed by atoms with Crippen LogP contribution in [-0.2, 0) is 0 Å². The highest BCUT2D eigenvalue weighted by atomic mass is 28.4. The van der Waals surface area contributed by atoms with E-state index in [9.17, 15) is 0 Å². The summed E-state index contributed by atoms with van der Waals surface area (Å²) in [7, 11) is -7.61. The monoisotopic (exact) mass is 690 g/mol. The van der Waals surface area contributed by atoms with Gasteiger partial charge in [-0.1, -0.05) is 133 Å². The van der Waals surface area contributed by atoms with Crippen molar-refractivity contribution in [2.75, 3.05) is 0 Å². The zero-order valence-electron chi connectivity index (χ0n) is 27.1. The second kappa shape index (κ2) is 15.3. The molecule has 7 rings (SSSR count). The van der Waals surface area contributed by atoms with Crippen molar-refractivity contribution in [2.24, 2.45) is 0 Å². The Bertz CT molecular complexity index is 1680. The van der Waals surface area contributed by atoms with Crippen LogP contribution >= 0.6 is 0 Å². The maximum Gasteiger partial charge on any atom is 0.737 e. The van der Waals surface area contributed by atoms with Crippen LogP contribution in [0.25, 0.3) is 0 Å². The molecule has 7 aromatic carbocycles. The first kappa shape index (κ1) is 32.3. The van der Waals surface area contributed by atoms with Crippen molar-refractivity contribution in [1.29, 1.82) is 0 Å². The van der Waals surface area contributed by atoms with Crippen LogP contribution in [0.5, 0.6) is 34.5 Å². The lowest BCUT2D eigenvalue weighted by Gasteiger charge is -2.32. The van der Waals surface area contributed by atoms with Crippen molar-refractivity contribution in [3.8, 4) is 34.5 Å². The average molecular weight is 691 g/mol. The molecule has 0 N–H and O–H groups in total. The summed E-state index contributed by atoms with van der Waals surface area (Å²) >= 11 is 0. The highest BCUT2D eigenvalue weighted by Crippen LogP contribution is 2.27. The summed E-state index contributed by atoms with van der Waals surface area (Å²) in [5.74, 6) is 3.70. The van der Waals surface area contributed by atoms with Gasteiger partial charge in [0.15, 0.2) is 0 Å². The number of hydrogen-bond donors (Lipinski definition) is 0.